The van der Waals surface area contributed by atoms with E-state index >= 15 is 0 Å². The van der Waals surface area contributed by atoms with Crippen LogP contribution in [0.25, 0.3) is 0 Å². The highest BCUT2D eigenvalue weighted by Gasteiger charge is 2.26. The Bertz CT molecular complexity index is 1040. The van der Waals surface area contributed by atoms with Crippen molar-refractivity contribution in [2.75, 3.05) is 26.2 Å². The normalized spacial score (nSPS) is 13.6. The summed E-state index contributed by atoms with van der Waals surface area (Å²) in [7, 11) is 0. The van der Waals surface area contributed by atoms with Crippen LogP contribution in [0.5, 0.6) is 0 Å². The highest BCUT2D eigenvalue weighted by atomic mass is 19.1. The maximum Gasteiger partial charge on any atom is 0.254 e. The molecule has 2 amide bonds. The Morgan fingerprint density at radius 1 is 0.865 bits per heavy atom. The predicted molar refractivity (Wildman–Crippen MR) is 139 cm³/mol. The molecule has 0 aliphatic carbocycles. The third kappa shape index (κ3) is 9.18. The molecular formula is C28H39F2N3O4. The van der Waals surface area contributed by atoms with Crippen LogP contribution >= 0.6 is 0 Å². The standard InChI is InChI=1S/C28H39F2N3O4/c1-5-7-32(8-6-2)27(36)21-9-18(3)10-22(14-21)28(37)33(16-19(4)34)17-26(35)25(31)13-20-11-23(29)15-24(30)12-20/h9-12,14-15,19,25-26,34-35H,5-8,13,16-17,31H2,1-4H3/t19-,25-,26+/m0/s1. The minimum atomic E-state index is -1.23. The number of amides is 2. The van der Waals surface area contributed by atoms with Crippen molar-refractivity contribution in [2.45, 2.75) is 65.2 Å². The summed E-state index contributed by atoms with van der Waals surface area (Å²) in [5.41, 5.74) is 7.76. The van der Waals surface area contributed by atoms with Gasteiger partial charge >= 0.3 is 0 Å². The van der Waals surface area contributed by atoms with Crippen LogP contribution in [0, 0.1) is 18.6 Å². The molecule has 0 aliphatic rings. The Kier molecular flexibility index (Phi) is 11.6. The van der Waals surface area contributed by atoms with Crippen molar-refractivity contribution in [3.63, 3.8) is 0 Å². The first kappa shape index (κ1) is 30.3. The topological polar surface area (TPSA) is 107 Å². The number of nitrogens with two attached hydrogens (primary N) is 1. The van der Waals surface area contributed by atoms with Crippen LogP contribution < -0.4 is 5.73 Å². The number of aliphatic hydroxyl groups excluding tert-OH is 2. The summed E-state index contributed by atoms with van der Waals surface area (Å²) in [6.07, 6.45) is -0.511. The highest BCUT2D eigenvalue weighted by Crippen LogP contribution is 2.17. The van der Waals surface area contributed by atoms with Gasteiger partial charge in [0, 0.05) is 49.4 Å². The molecule has 2 aromatic rings. The number of aliphatic hydroxyl groups is 2. The van der Waals surface area contributed by atoms with Gasteiger partial charge in [-0.05, 0) is 74.6 Å². The first-order valence-electron chi connectivity index (χ1n) is 12.7. The molecule has 0 heterocycles. The Labute approximate surface area is 217 Å². The number of carbonyl (C=O) groups excluding carboxylic acids is 2. The van der Waals surface area contributed by atoms with Gasteiger partial charge in [0.2, 0.25) is 0 Å². The smallest absolute Gasteiger partial charge is 0.254 e. The number of nitrogens with zero attached hydrogens (tertiary/aromatic N) is 2. The second-order valence-corrected chi connectivity index (χ2v) is 9.65. The van der Waals surface area contributed by atoms with Gasteiger partial charge in [0.15, 0.2) is 0 Å². The molecule has 7 nitrogen and oxygen atoms in total. The van der Waals surface area contributed by atoms with E-state index in [1.165, 1.54) is 17.9 Å². The van der Waals surface area contributed by atoms with Gasteiger partial charge in [-0.15, -0.1) is 0 Å². The molecule has 3 atom stereocenters. The lowest BCUT2D eigenvalue weighted by Crippen LogP contribution is -2.48. The zero-order valence-corrected chi connectivity index (χ0v) is 22.1. The van der Waals surface area contributed by atoms with E-state index in [1.54, 1.807) is 24.0 Å². The van der Waals surface area contributed by atoms with Gasteiger partial charge in [-0.3, -0.25) is 9.59 Å². The van der Waals surface area contributed by atoms with Crippen LogP contribution in [0.3, 0.4) is 0 Å². The van der Waals surface area contributed by atoms with Crippen molar-refractivity contribution in [1.29, 1.82) is 0 Å². The number of rotatable bonds is 13. The highest BCUT2D eigenvalue weighted by molar-refractivity contribution is 6.00. The molecular weight excluding hydrogens is 480 g/mol. The summed E-state index contributed by atoms with van der Waals surface area (Å²) >= 11 is 0. The number of carbonyl (C=O) groups is 2. The second kappa shape index (κ2) is 14.2. The molecule has 37 heavy (non-hydrogen) atoms. The average molecular weight is 520 g/mol. The molecule has 0 spiro atoms. The van der Waals surface area contributed by atoms with Crippen LogP contribution in [0.1, 0.15) is 65.5 Å². The van der Waals surface area contributed by atoms with E-state index in [0.717, 1.165) is 36.6 Å². The third-order valence-electron chi connectivity index (χ3n) is 5.91. The Morgan fingerprint density at radius 3 is 1.86 bits per heavy atom. The largest absolute Gasteiger partial charge is 0.392 e. The summed E-state index contributed by atoms with van der Waals surface area (Å²) in [5.74, 6) is -2.13. The molecule has 0 fully saturated rings. The SMILES string of the molecule is CCCN(CCC)C(=O)c1cc(C)cc(C(=O)N(C[C@H](C)O)C[C@@H](O)[C@@H](N)Cc2cc(F)cc(F)c2)c1. The van der Waals surface area contributed by atoms with Gasteiger partial charge in [0.1, 0.15) is 11.6 Å². The Morgan fingerprint density at radius 2 is 1.38 bits per heavy atom. The fourth-order valence-corrected chi connectivity index (χ4v) is 4.31. The monoisotopic (exact) mass is 519 g/mol. The van der Waals surface area contributed by atoms with E-state index in [1.807, 2.05) is 13.8 Å². The van der Waals surface area contributed by atoms with Crippen LogP contribution in [0.15, 0.2) is 36.4 Å². The zero-order chi connectivity index (χ0) is 27.7. The number of hydrogen-bond donors (Lipinski definition) is 3. The summed E-state index contributed by atoms with van der Waals surface area (Å²) in [4.78, 5) is 29.6. The van der Waals surface area contributed by atoms with Crippen molar-refractivity contribution < 1.29 is 28.6 Å². The van der Waals surface area contributed by atoms with Crippen molar-refractivity contribution >= 4 is 11.8 Å². The number of halogens is 2. The molecule has 0 saturated heterocycles. The summed E-state index contributed by atoms with van der Waals surface area (Å²) in [6.45, 7) is 8.23. The molecule has 9 heteroatoms. The van der Waals surface area contributed by atoms with Gasteiger partial charge in [-0.2, -0.15) is 0 Å². The van der Waals surface area contributed by atoms with E-state index in [-0.39, 0.29) is 36.5 Å². The minimum Gasteiger partial charge on any atom is -0.392 e. The quantitative estimate of drug-likeness (QED) is 0.377. The summed E-state index contributed by atoms with van der Waals surface area (Å²) < 4.78 is 27.1. The minimum absolute atomic E-state index is 0.0135. The van der Waals surface area contributed by atoms with Crippen LogP contribution in [0.4, 0.5) is 8.78 Å². The van der Waals surface area contributed by atoms with Crippen molar-refractivity contribution in [3.8, 4) is 0 Å². The molecule has 0 aliphatic heterocycles. The molecule has 4 N–H and O–H groups in total. The average Bonchev–Trinajstić information content (AvgIpc) is 2.81. The molecule has 204 valence electrons. The number of benzene rings is 2. The molecule has 0 radical (unpaired) electrons. The van der Waals surface area contributed by atoms with Gasteiger partial charge in [0.05, 0.1) is 12.2 Å². The second-order valence-electron chi connectivity index (χ2n) is 9.65. The van der Waals surface area contributed by atoms with Crippen molar-refractivity contribution in [3.05, 3.63) is 70.3 Å². The zero-order valence-electron chi connectivity index (χ0n) is 22.1. The van der Waals surface area contributed by atoms with E-state index in [2.05, 4.69) is 0 Å². The Balaban J connectivity index is 2.25. The first-order valence-corrected chi connectivity index (χ1v) is 12.7. The molecule has 0 aromatic heterocycles. The van der Waals surface area contributed by atoms with E-state index in [0.29, 0.717) is 18.7 Å². The van der Waals surface area contributed by atoms with E-state index < -0.39 is 35.8 Å². The van der Waals surface area contributed by atoms with Crippen molar-refractivity contribution in [1.82, 2.24) is 9.80 Å². The molecule has 0 bridgehead atoms. The lowest BCUT2D eigenvalue weighted by Gasteiger charge is -2.29. The fraction of sp³-hybridized carbons (Fsp3) is 0.500. The number of aryl methyl sites for hydroxylation is 1. The fourth-order valence-electron chi connectivity index (χ4n) is 4.31. The summed E-state index contributed by atoms with van der Waals surface area (Å²) in [5, 5.41) is 20.7. The first-order chi connectivity index (χ1) is 17.4. The van der Waals surface area contributed by atoms with Gasteiger partial charge in [-0.1, -0.05) is 13.8 Å². The van der Waals surface area contributed by atoms with Crippen molar-refractivity contribution in [2.24, 2.45) is 5.73 Å². The molecule has 2 aromatic carbocycles. The lowest BCUT2D eigenvalue weighted by atomic mass is 10.0. The molecule has 2 rings (SSSR count). The van der Waals surface area contributed by atoms with E-state index in [4.69, 9.17) is 5.73 Å². The Hall–Kier alpha value is -2.88. The predicted octanol–water partition coefficient (Wildman–Crippen LogP) is 3.29. The van der Waals surface area contributed by atoms with Crippen LogP contribution in [-0.4, -0.2) is 76.3 Å². The van der Waals surface area contributed by atoms with Gasteiger partial charge in [0.25, 0.3) is 11.8 Å². The molecule has 0 unspecified atom stereocenters. The van der Waals surface area contributed by atoms with Gasteiger partial charge < -0.3 is 25.7 Å². The van der Waals surface area contributed by atoms with Crippen LogP contribution in [-0.2, 0) is 6.42 Å². The van der Waals surface area contributed by atoms with E-state index in [9.17, 15) is 28.6 Å². The van der Waals surface area contributed by atoms with Crippen LogP contribution in [0.2, 0.25) is 0 Å². The third-order valence-corrected chi connectivity index (χ3v) is 5.91. The lowest BCUT2D eigenvalue weighted by molar-refractivity contribution is 0.0441. The van der Waals surface area contributed by atoms with Gasteiger partial charge in [-0.25, -0.2) is 8.78 Å². The summed E-state index contributed by atoms with van der Waals surface area (Å²) in [6, 6.07) is 7.03. The molecule has 0 saturated carbocycles. The maximum absolute atomic E-state index is 13.5. The maximum atomic E-state index is 13.5. The number of hydrogen-bond acceptors (Lipinski definition) is 5.